The highest BCUT2D eigenvalue weighted by molar-refractivity contribution is 5.90. The van der Waals surface area contributed by atoms with Crippen molar-refractivity contribution in [3.8, 4) is 0 Å². The van der Waals surface area contributed by atoms with E-state index >= 15 is 0 Å². The van der Waals surface area contributed by atoms with E-state index in [1.807, 2.05) is 31.2 Å². The Kier molecular flexibility index (Phi) is 3.48. The minimum absolute atomic E-state index is 0.114. The monoisotopic (exact) mass is 328 g/mol. The van der Waals surface area contributed by atoms with E-state index in [9.17, 15) is 9.59 Å². The molecular weight excluding hydrogens is 304 g/mol. The first-order valence-corrected chi connectivity index (χ1v) is 8.96. The van der Waals surface area contributed by atoms with Gasteiger partial charge in [0, 0.05) is 11.8 Å². The average Bonchev–Trinajstić information content (AvgIpc) is 3.15. The summed E-state index contributed by atoms with van der Waals surface area (Å²) in [6.07, 6.45) is 2.25. The number of esters is 2. The first kappa shape index (κ1) is 15.7. The molecular formula is C20H24O4. The molecule has 0 amide bonds. The lowest BCUT2D eigenvalue weighted by Crippen LogP contribution is -2.39. The van der Waals surface area contributed by atoms with E-state index < -0.39 is 0 Å². The Labute approximate surface area is 142 Å². The zero-order valence-corrected chi connectivity index (χ0v) is 14.5. The standard InChI is InChI=1S/C20H24O4/c1-4-11(2)12-5-7-13(8-6-12)18(21)23-16-14-9-15-17(16)24-19(22)20(15,3)10-14/h5-8,11,14-17H,4,9-10H2,1-3H3. The molecule has 1 heterocycles. The molecule has 3 aliphatic rings. The third-order valence-corrected chi connectivity index (χ3v) is 6.53. The molecule has 6 atom stereocenters. The van der Waals surface area contributed by atoms with Gasteiger partial charge >= 0.3 is 11.9 Å². The number of fused-ring (bicyclic) bond motifs is 1. The quantitative estimate of drug-likeness (QED) is 0.791. The van der Waals surface area contributed by atoms with Crippen molar-refractivity contribution in [3.63, 3.8) is 0 Å². The van der Waals surface area contributed by atoms with Crippen LogP contribution in [0.5, 0.6) is 0 Å². The molecule has 2 aliphatic carbocycles. The van der Waals surface area contributed by atoms with Crippen LogP contribution >= 0.6 is 0 Å². The van der Waals surface area contributed by atoms with Gasteiger partial charge < -0.3 is 9.47 Å². The summed E-state index contributed by atoms with van der Waals surface area (Å²) in [4.78, 5) is 24.6. The number of ether oxygens (including phenoxy) is 2. The lowest BCUT2D eigenvalue weighted by molar-refractivity contribution is -0.149. The van der Waals surface area contributed by atoms with Crippen molar-refractivity contribution in [2.75, 3.05) is 0 Å². The fourth-order valence-corrected chi connectivity index (χ4v) is 4.79. The Morgan fingerprint density at radius 3 is 2.75 bits per heavy atom. The number of benzene rings is 1. The number of hydrogen-bond acceptors (Lipinski definition) is 4. The van der Waals surface area contributed by atoms with Gasteiger partial charge in [0.15, 0.2) is 0 Å². The Bertz CT molecular complexity index is 679. The predicted octanol–water partition coefficient (Wildman–Crippen LogP) is 3.70. The normalized spacial score (nSPS) is 37.4. The van der Waals surface area contributed by atoms with E-state index in [4.69, 9.17) is 9.47 Å². The van der Waals surface area contributed by atoms with Crippen LogP contribution in [0.3, 0.4) is 0 Å². The minimum atomic E-state index is -0.351. The molecule has 6 unspecified atom stereocenters. The summed E-state index contributed by atoms with van der Waals surface area (Å²) in [5.74, 6) is 0.515. The second-order valence-corrected chi connectivity index (χ2v) is 7.90. The summed E-state index contributed by atoms with van der Waals surface area (Å²) in [7, 11) is 0. The van der Waals surface area contributed by atoms with E-state index in [1.165, 1.54) is 5.56 Å². The molecule has 1 aromatic rings. The van der Waals surface area contributed by atoms with Crippen LogP contribution in [0.1, 0.15) is 61.9 Å². The third kappa shape index (κ3) is 2.11. The van der Waals surface area contributed by atoms with Crippen molar-refractivity contribution >= 4 is 11.9 Å². The van der Waals surface area contributed by atoms with Crippen LogP contribution in [0.2, 0.25) is 0 Å². The topological polar surface area (TPSA) is 52.6 Å². The molecule has 0 N–H and O–H groups in total. The SMILES string of the molecule is CCC(C)c1ccc(C(=O)OC2C3CC4C2OC(=O)C4(C)C3)cc1. The van der Waals surface area contributed by atoms with Gasteiger partial charge in [-0.3, -0.25) is 4.79 Å². The van der Waals surface area contributed by atoms with E-state index in [1.54, 1.807) is 0 Å². The fourth-order valence-electron chi connectivity index (χ4n) is 4.79. The Balaban J connectivity index is 1.47. The van der Waals surface area contributed by atoms with Crippen LogP contribution in [-0.4, -0.2) is 24.1 Å². The van der Waals surface area contributed by atoms with Crippen LogP contribution in [0.15, 0.2) is 24.3 Å². The molecule has 1 saturated heterocycles. The van der Waals surface area contributed by atoms with Crippen molar-refractivity contribution in [2.24, 2.45) is 17.3 Å². The second-order valence-electron chi connectivity index (χ2n) is 7.90. The number of carbonyl (C=O) groups is 2. The van der Waals surface area contributed by atoms with E-state index in [0.717, 1.165) is 19.3 Å². The van der Waals surface area contributed by atoms with Crippen LogP contribution in [-0.2, 0) is 14.3 Å². The number of rotatable bonds is 4. The molecule has 4 nitrogen and oxygen atoms in total. The zero-order valence-electron chi connectivity index (χ0n) is 14.5. The molecule has 4 rings (SSSR count). The maximum absolute atomic E-state index is 12.5. The minimum Gasteiger partial charge on any atom is -0.458 e. The van der Waals surface area contributed by atoms with Crippen LogP contribution < -0.4 is 0 Å². The Morgan fingerprint density at radius 2 is 2.08 bits per heavy atom. The highest BCUT2D eigenvalue weighted by atomic mass is 16.6. The van der Waals surface area contributed by atoms with Gasteiger partial charge in [-0.2, -0.15) is 0 Å². The fraction of sp³-hybridized carbons (Fsp3) is 0.600. The summed E-state index contributed by atoms with van der Waals surface area (Å²) >= 11 is 0. The van der Waals surface area contributed by atoms with Gasteiger partial charge in [-0.15, -0.1) is 0 Å². The van der Waals surface area contributed by atoms with Crippen molar-refractivity contribution < 1.29 is 19.1 Å². The molecule has 1 aromatic carbocycles. The average molecular weight is 328 g/mol. The molecule has 2 bridgehead atoms. The molecule has 24 heavy (non-hydrogen) atoms. The molecule has 0 aromatic heterocycles. The zero-order chi connectivity index (χ0) is 17.1. The predicted molar refractivity (Wildman–Crippen MR) is 88.6 cm³/mol. The second kappa shape index (κ2) is 5.33. The molecule has 128 valence electrons. The molecule has 0 spiro atoms. The number of hydrogen-bond donors (Lipinski definition) is 0. The summed E-state index contributed by atoms with van der Waals surface area (Å²) in [5, 5.41) is 0. The first-order valence-electron chi connectivity index (χ1n) is 8.96. The maximum Gasteiger partial charge on any atom is 0.338 e. The molecule has 0 radical (unpaired) electrons. The lowest BCUT2D eigenvalue weighted by atomic mass is 9.75. The maximum atomic E-state index is 12.5. The van der Waals surface area contributed by atoms with Crippen LogP contribution in [0, 0.1) is 17.3 Å². The summed E-state index contributed by atoms with van der Waals surface area (Å²) < 4.78 is 11.3. The van der Waals surface area contributed by atoms with E-state index in [-0.39, 0.29) is 41.4 Å². The summed E-state index contributed by atoms with van der Waals surface area (Å²) in [6, 6.07) is 7.67. The number of carbonyl (C=O) groups excluding carboxylic acids is 2. The Morgan fingerprint density at radius 1 is 1.38 bits per heavy atom. The molecule has 3 fully saturated rings. The smallest absolute Gasteiger partial charge is 0.338 e. The molecule has 4 heteroatoms. The van der Waals surface area contributed by atoms with Crippen molar-refractivity contribution in [2.45, 2.75) is 58.2 Å². The highest BCUT2D eigenvalue weighted by Crippen LogP contribution is 2.62. The van der Waals surface area contributed by atoms with Gasteiger partial charge in [0.1, 0.15) is 12.2 Å². The summed E-state index contributed by atoms with van der Waals surface area (Å²) in [6.45, 7) is 6.32. The molecule has 1 aliphatic heterocycles. The summed E-state index contributed by atoms with van der Waals surface area (Å²) in [5.41, 5.74) is 1.45. The largest absolute Gasteiger partial charge is 0.458 e. The van der Waals surface area contributed by atoms with Gasteiger partial charge in [0.2, 0.25) is 0 Å². The lowest BCUT2D eigenvalue weighted by Gasteiger charge is -2.29. The van der Waals surface area contributed by atoms with E-state index in [2.05, 4.69) is 13.8 Å². The molecule has 2 saturated carbocycles. The van der Waals surface area contributed by atoms with Crippen molar-refractivity contribution in [3.05, 3.63) is 35.4 Å². The highest BCUT2D eigenvalue weighted by Gasteiger charge is 2.69. The van der Waals surface area contributed by atoms with Crippen molar-refractivity contribution in [1.82, 2.24) is 0 Å². The van der Waals surface area contributed by atoms with Gasteiger partial charge in [-0.25, -0.2) is 4.79 Å². The Hall–Kier alpha value is -1.84. The van der Waals surface area contributed by atoms with E-state index in [0.29, 0.717) is 11.5 Å². The van der Waals surface area contributed by atoms with Crippen molar-refractivity contribution in [1.29, 1.82) is 0 Å². The van der Waals surface area contributed by atoms with Gasteiger partial charge in [-0.1, -0.05) is 26.0 Å². The van der Waals surface area contributed by atoms with Gasteiger partial charge in [-0.05, 0) is 49.8 Å². The van der Waals surface area contributed by atoms with Crippen LogP contribution in [0.25, 0.3) is 0 Å². The third-order valence-electron chi connectivity index (χ3n) is 6.53. The van der Waals surface area contributed by atoms with Crippen LogP contribution in [0.4, 0.5) is 0 Å². The van der Waals surface area contributed by atoms with Gasteiger partial charge in [0.05, 0.1) is 11.0 Å². The first-order chi connectivity index (χ1) is 11.4. The van der Waals surface area contributed by atoms with Gasteiger partial charge in [0.25, 0.3) is 0 Å².